The molecule has 0 aliphatic carbocycles. The van der Waals surface area contributed by atoms with E-state index in [9.17, 15) is 14.4 Å². The minimum Gasteiger partial charge on any atom is -0.353 e. The first-order chi connectivity index (χ1) is 16.5. The molecule has 8 nitrogen and oxygen atoms in total. The Hall–Kier alpha value is -3.13. The topological polar surface area (TPSA) is 86.7 Å². The monoisotopic (exact) mass is 463 g/mol. The summed E-state index contributed by atoms with van der Waals surface area (Å²) in [5.41, 5.74) is 4.89. The number of rotatable bonds is 5. The van der Waals surface area contributed by atoms with Crippen LogP contribution in [-0.4, -0.2) is 53.4 Å². The molecule has 4 heterocycles. The van der Waals surface area contributed by atoms with Crippen molar-refractivity contribution in [3.63, 3.8) is 0 Å². The van der Waals surface area contributed by atoms with E-state index in [1.54, 1.807) is 0 Å². The number of anilines is 2. The van der Waals surface area contributed by atoms with Crippen LogP contribution in [0.5, 0.6) is 0 Å². The van der Waals surface area contributed by atoms with Crippen molar-refractivity contribution in [1.29, 1.82) is 0 Å². The van der Waals surface area contributed by atoms with Crippen LogP contribution < -0.4 is 15.5 Å². The highest BCUT2D eigenvalue weighted by Crippen LogP contribution is 2.38. The molecule has 2 N–H and O–H groups in total. The molecule has 1 aromatic carbocycles. The second-order valence-electron chi connectivity index (χ2n) is 9.61. The molecule has 3 aliphatic heterocycles. The maximum atomic E-state index is 12.8. The van der Waals surface area contributed by atoms with Gasteiger partial charge in [0.05, 0.1) is 11.7 Å². The van der Waals surface area contributed by atoms with Crippen molar-refractivity contribution in [3.8, 4) is 0 Å². The third-order valence-corrected chi connectivity index (χ3v) is 7.38. The predicted octanol–water partition coefficient (Wildman–Crippen LogP) is 2.53. The second-order valence-corrected chi connectivity index (χ2v) is 9.61. The number of carbonyl (C=O) groups excluding carboxylic acids is 3. The van der Waals surface area contributed by atoms with E-state index in [4.69, 9.17) is 0 Å². The molecule has 1 saturated heterocycles. The van der Waals surface area contributed by atoms with Crippen molar-refractivity contribution < 1.29 is 14.4 Å². The third kappa shape index (κ3) is 4.46. The second kappa shape index (κ2) is 9.62. The van der Waals surface area contributed by atoms with E-state index in [0.29, 0.717) is 31.6 Å². The molecule has 1 aromatic heterocycles. The fraction of sp³-hybridized carbons (Fsp3) is 0.500. The van der Waals surface area contributed by atoms with Gasteiger partial charge in [-0.3, -0.25) is 19.3 Å². The molecule has 0 spiro atoms. The van der Waals surface area contributed by atoms with E-state index in [2.05, 4.69) is 26.2 Å². The largest absolute Gasteiger partial charge is 0.353 e. The molecule has 0 bridgehead atoms. The number of amides is 3. The van der Waals surface area contributed by atoms with E-state index in [1.165, 1.54) is 12.8 Å². The van der Waals surface area contributed by atoms with Gasteiger partial charge in [-0.25, -0.2) is 0 Å². The molecule has 3 aliphatic rings. The summed E-state index contributed by atoms with van der Waals surface area (Å²) in [6.45, 7) is 3.07. The highest BCUT2D eigenvalue weighted by atomic mass is 16.2. The Morgan fingerprint density at radius 3 is 2.41 bits per heavy atom. The molecule has 8 heteroatoms. The van der Waals surface area contributed by atoms with Gasteiger partial charge in [-0.1, -0.05) is 12.8 Å². The number of aromatic nitrogens is 1. The van der Waals surface area contributed by atoms with E-state index in [1.807, 2.05) is 36.3 Å². The summed E-state index contributed by atoms with van der Waals surface area (Å²) in [5, 5.41) is 5.66. The minimum atomic E-state index is -0.657. The van der Waals surface area contributed by atoms with Gasteiger partial charge < -0.3 is 20.1 Å². The maximum absolute atomic E-state index is 12.8. The van der Waals surface area contributed by atoms with Crippen LogP contribution in [0, 0.1) is 0 Å². The first kappa shape index (κ1) is 22.7. The SMILES string of the molecule is Cn1cccc1C(CNC(=O)C(=O)Nc1cc2c3c(c1)CCN3C(=O)CC2)N1CCCCCC1. The van der Waals surface area contributed by atoms with Gasteiger partial charge in [-0.2, -0.15) is 0 Å². The molecule has 3 amide bonds. The summed E-state index contributed by atoms with van der Waals surface area (Å²) in [4.78, 5) is 41.9. The highest BCUT2D eigenvalue weighted by Gasteiger charge is 2.32. The fourth-order valence-corrected chi connectivity index (χ4v) is 5.64. The molecule has 180 valence electrons. The normalized spacial score (nSPS) is 18.9. The number of nitrogens with one attached hydrogen (secondary N) is 2. The summed E-state index contributed by atoms with van der Waals surface area (Å²) in [6.07, 6.45) is 8.72. The van der Waals surface area contributed by atoms with Gasteiger partial charge in [0.1, 0.15) is 0 Å². The smallest absolute Gasteiger partial charge is 0.313 e. The van der Waals surface area contributed by atoms with Crippen LogP contribution in [0.4, 0.5) is 11.4 Å². The van der Waals surface area contributed by atoms with Gasteiger partial charge in [0, 0.05) is 44.1 Å². The summed E-state index contributed by atoms with van der Waals surface area (Å²) in [6, 6.07) is 7.93. The molecule has 1 atom stereocenters. The number of hydrogen-bond donors (Lipinski definition) is 2. The van der Waals surface area contributed by atoms with Crippen molar-refractivity contribution in [2.24, 2.45) is 7.05 Å². The van der Waals surface area contributed by atoms with Gasteiger partial charge >= 0.3 is 11.8 Å². The zero-order valence-corrected chi connectivity index (χ0v) is 19.8. The van der Waals surface area contributed by atoms with Crippen molar-refractivity contribution in [3.05, 3.63) is 47.3 Å². The summed E-state index contributed by atoms with van der Waals surface area (Å²) in [5.74, 6) is -1.12. The van der Waals surface area contributed by atoms with Crippen LogP contribution in [0.25, 0.3) is 0 Å². The lowest BCUT2D eigenvalue weighted by Gasteiger charge is -2.31. The van der Waals surface area contributed by atoms with Crippen LogP contribution in [0.2, 0.25) is 0 Å². The van der Waals surface area contributed by atoms with Gasteiger partial charge in [-0.15, -0.1) is 0 Å². The van der Waals surface area contributed by atoms with Crippen LogP contribution >= 0.6 is 0 Å². The van der Waals surface area contributed by atoms with Crippen molar-refractivity contribution in [1.82, 2.24) is 14.8 Å². The lowest BCUT2D eigenvalue weighted by Crippen LogP contribution is -2.43. The number of nitrogens with zero attached hydrogens (tertiary/aromatic N) is 3. The Balaban J connectivity index is 1.25. The summed E-state index contributed by atoms with van der Waals surface area (Å²) >= 11 is 0. The molecule has 5 rings (SSSR count). The predicted molar refractivity (Wildman–Crippen MR) is 131 cm³/mol. The summed E-state index contributed by atoms with van der Waals surface area (Å²) in [7, 11) is 2.02. The molecule has 0 radical (unpaired) electrons. The average molecular weight is 464 g/mol. The number of benzene rings is 1. The summed E-state index contributed by atoms with van der Waals surface area (Å²) < 4.78 is 2.09. The van der Waals surface area contributed by atoms with E-state index >= 15 is 0 Å². The van der Waals surface area contributed by atoms with Crippen LogP contribution in [-0.2, 0) is 34.3 Å². The van der Waals surface area contributed by atoms with Crippen molar-refractivity contribution in [2.45, 2.75) is 51.0 Å². The standard InChI is InChI=1S/C26H33N5O3/c1-29-11-6-7-21(29)22(30-12-4-2-3-5-13-30)17-27-25(33)26(34)28-20-15-18-8-9-23(32)31-14-10-19(16-20)24(18)31/h6-7,11,15-16,22H,2-5,8-10,12-14,17H2,1H3,(H,27,33)(H,28,34). The minimum absolute atomic E-state index is 0.0304. The lowest BCUT2D eigenvalue weighted by molar-refractivity contribution is -0.136. The Morgan fingerprint density at radius 2 is 1.71 bits per heavy atom. The number of likely N-dealkylation sites (tertiary alicyclic amines) is 1. The number of hydrogen-bond acceptors (Lipinski definition) is 4. The molecule has 2 aromatic rings. The van der Waals surface area contributed by atoms with E-state index < -0.39 is 11.8 Å². The van der Waals surface area contributed by atoms with Crippen LogP contribution in [0.15, 0.2) is 30.5 Å². The molecule has 1 fully saturated rings. The van der Waals surface area contributed by atoms with E-state index in [0.717, 1.165) is 54.9 Å². The first-order valence-electron chi connectivity index (χ1n) is 12.4. The zero-order valence-electron chi connectivity index (χ0n) is 19.8. The van der Waals surface area contributed by atoms with Crippen LogP contribution in [0.1, 0.15) is 55.0 Å². The maximum Gasteiger partial charge on any atom is 0.313 e. The van der Waals surface area contributed by atoms with Gasteiger partial charge in [0.2, 0.25) is 5.91 Å². The van der Waals surface area contributed by atoms with Crippen molar-refractivity contribution in [2.75, 3.05) is 36.4 Å². The van der Waals surface area contributed by atoms with Crippen LogP contribution in [0.3, 0.4) is 0 Å². The molecule has 0 saturated carbocycles. The Bertz CT molecular complexity index is 1100. The number of aryl methyl sites for hydroxylation is 2. The Kier molecular flexibility index (Phi) is 6.41. The van der Waals surface area contributed by atoms with E-state index in [-0.39, 0.29) is 11.9 Å². The molecular formula is C26H33N5O3. The fourth-order valence-electron chi connectivity index (χ4n) is 5.64. The van der Waals surface area contributed by atoms with Gasteiger partial charge in [0.25, 0.3) is 0 Å². The molecule has 34 heavy (non-hydrogen) atoms. The number of carbonyl (C=O) groups is 3. The Labute approximate surface area is 200 Å². The molecule has 1 unspecified atom stereocenters. The average Bonchev–Trinajstić information content (AvgIpc) is 3.35. The van der Waals surface area contributed by atoms with Gasteiger partial charge in [-0.05, 0) is 74.2 Å². The zero-order chi connectivity index (χ0) is 23.7. The lowest BCUT2D eigenvalue weighted by atomic mass is 9.98. The highest BCUT2D eigenvalue weighted by molar-refractivity contribution is 6.39. The third-order valence-electron chi connectivity index (χ3n) is 7.38. The quantitative estimate of drug-likeness (QED) is 0.668. The molecular weight excluding hydrogens is 430 g/mol. The first-order valence-corrected chi connectivity index (χ1v) is 12.4. The van der Waals surface area contributed by atoms with Crippen molar-refractivity contribution >= 4 is 29.1 Å². The van der Waals surface area contributed by atoms with Gasteiger partial charge in [0.15, 0.2) is 0 Å². The Morgan fingerprint density at radius 1 is 0.971 bits per heavy atom.